The molecule has 0 radical (unpaired) electrons. The summed E-state index contributed by atoms with van der Waals surface area (Å²) in [6.07, 6.45) is 2.04. The van der Waals surface area contributed by atoms with Crippen molar-refractivity contribution < 1.29 is 13.2 Å². The first-order chi connectivity index (χ1) is 12.3. The summed E-state index contributed by atoms with van der Waals surface area (Å²) in [4.78, 5) is 12.3. The van der Waals surface area contributed by atoms with Gasteiger partial charge in [0.25, 0.3) is 0 Å². The minimum atomic E-state index is -3.52. The zero-order chi connectivity index (χ0) is 19.2. The van der Waals surface area contributed by atoms with E-state index < -0.39 is 10.0 Å². The maximum absolute atomic E-state index is 12.1. The molecular formula is C20H26N2O3S. The van der Waals surface area contributed by atoms with Crippen LogP contribution < -0.4 is 10.0 Å². The first-order valence-electron chi connectivity index (χ1n) is 8.80. The van der Waals surface area contributed by atoms with Gasteiger partial charge in [-0.3, -0.25) is 4.79 Å². The van der Waals surface area contributed by atoms with Gasteiger partial charge in [-0.1, -0.05) is 31.2 Å². The summed E-state index contributed by atoms with van der Waals surface area (Å²) in [5, 5.41) is 2.80. The van der Waals surface area contributed by atoms with Gasteiger partial charge in [-0.15, -0.1) is 0 Å². The first-order valence-corrected chi connectivity index (χ1v) is 10.3. The van der Waals surface area contributed by atoms with Crippen LogP contribution in [0.3, 0.4) is 0 Å². The molecule has 0 unspecified atom stereocenters. The highest BCUT2D eigenvalue weighted by Gasteiger charge is 2.15. The van der Waals surface area contributed by atoms with Crippen molar-refractivity contribution in [3.05, 3.63) is 59.7 Å². The summed E-state index contributed by atoms with van der Waals surface area (Å²) in [5.41, 5.74) is 2.98. The van der Waals surface area contributed by atoms with Gasteiger partial charge in [0.2, 0.25) is 15.9 Å². The lowest BCUT2D eigenvalue weighted by atomic mass is 10.1. The van der Waals surface area contributed by atoms with Crippen molar-refractivity contribution in [2.75, 3.05) is 5.32 Å². The van der Waals surface area contributed by atoms with E-state index in [4.69, 9.17) is 0 Å². The average Bonchev–Trinajstić information content (AvgIpc) is 2.60. The molecule has 0 aliphatic carbocycles. The molecule has 0 aromatic heterocycles. The van der Waals surface area contributed by atoms with Crippen LogP contribution in [-0.4, -0.2) is 20.4 Å². The molecule has 2 N–H and O–H groups in total. The van der Waals surface area contributed by atoms with E-state index in [1.807, 2.05) is 12.1 Å². The molecule has 2 aromatic rings. The van der Waals surface area contributed by atoms with Crippen LogP contribution in [0.5, 0.6) is 0 Å². The summed E-state index contributed by atoms with van der Waals surface area (Å²) in [5.74, 6) is -0.0968. The van der Waals surface area contributed by atoms with Crippen molar-refractivity contribution in [2.45, 2.75) is 51.0 Å². The molecule has 1 amide bonds. The Morgan fingerprint density at radius 2 is 1.54 bits per heavy atom. The Morgan fingerprint density at radius 3 is 2.08 bits per heavy atom. The lowest BCUT2D eigenvalue weighted by molar-refractivity contribution is -0.116. The molecule has 5 nitrogen and oxygen atoms in total. The number of sulfonamides is 1. The van der Waals surface area contributed by atoms with Crippen LogP contribution in [-0.2, 0) is 27.7 Å². The molecule has 140 valence electrons. The van der Waals surface area contributed by atoms with E-state index in [9.17, 15) is 13.2 Å². The number of aryl methyl sites for hydroxylation is 2. The number of carbonyl (C=O) groups is 1. The van der Waals surface area contributed by atoms with Crippen LogP contribution in [0, 0.1) is 0 Å². The second kappa shape index (κ2) is 8.96. The van der Waals surface area contributed by atoms with Gasteiger partial charge in [0.05, 0.1) is 4.90 Å². The summed E-state index contributed by atoms with van der Waals surface area (Å²) in [6, 6.07) is 14.3. The van der Waals surface area contributed by atoms with Crippen molar-refractivity contribution in [2.24, 2.45) is 0 Å². The number of rotatable bonds is 8. The minimum Gasteiger partial charge on any atom is -0.326 e. The number of amides is 1. The van der Waals surface area contributed by atoms with Crippen LogP contribution in [0.1, 0.15) is 38.3 Å². The fraction of sp³-hybridized carbons (Fsp3) is 0.350. The molecule has 0 heterocycles. The van der Waals surface area contributed by atoms with Crippen LogP contribution >= 0.6 is 0 Å². The van der Waals surface area contributed by atoms with Crippen LogP contribution in [0.25, 0.3) is 0 Å². The van der Waals surface area contributed by atoms with Gasteiger partial charge in [0, 0.05) is 18.2 Å². The largest absolute Gasteiger partial charge is 0.326 e. The third kappa shape index (κ3) is 5.97. The SMILES string of the molecule is CCc1ccc(CCC(=O)Nc2ccc(S(=O)(=O)NC(C)C)cc2)cc1. The topological polar surface area (TPSA) is 75.3 Å². The van der Waals surface area contributed by atoms with Crippen molar-refractivity contribution in [1.29, 1.82) is 0 Å². The monoisotopic (exact) mass is 374 g/mol. The molecule has 0 aliphatic heterocycles. The van der Waals surface area contributed by atoms with Crippen LogP contribution in [0.2, 0.25) is 0 Å². The van der Waals surface area contributed by atoms with E-state index >= 15 is 0 Å². The zero-order valence-corrected chi connectivity index (χ0v) is 16.3. The van der Waals surface area contributed by atoms with E-state index in [1.54, 1.807) is 26.0 Å². The molecular weight excluding hydrogens is 348 g/mol. The molecule has 0 fully saturated rings. The van der Waals surface area contributed by atoms with Crippen molar-refractivity contribution >= 4 is 21.6 Å². The molecule has 2 rings (SSSR count). The quantitative estimate of drug-likeness (QED) is 0.742. The lowest BCUT2D eigenvalue weighted by Gasteiger charge is -2.10. The smallest absolute Gasteiger partial charge is 0.240 e. The predicted molar refractivity (Wildman–Crippen MR) is 105 cm³/mol. The minimum absolute atomic E-state index is 0.0968. The Kier molecular flexibility index (Phi) is 6.94. The van der Waals surface area contributed by atoms with Crippen molar-refractivity contribution in [3.63, 3.8) is 0 Å². The van der Waals surface area contributed by atoms with Gasteiger partial charge in [-0.25, -0.2) is 13.1 Å². The normalized spacial score (nSPS) is 11.5. The number of carbonyl (C=O) groups excluding carboxylic acids is 1. The molecule has 0 spiro atoms. The zero-order valence-electron chi connectivity index (χ0n) is 15.5. The highest BCUT2D eigenvalue weighted by atomic mass is 32.2. The Morgan fingerprint density at radius 1 is 0.962 bits per heavy atom. The van der Waals surface area contributed by atoms with Crippen molar-refractivity contribution in [1.82, 2.24) is 4.72 Å². The number of hydrogen-bond donors (Lipinski definition) is 2. The van der Waals surface area contributed by atoms with E-state index in [0.717, 1.165) is 12.0 Å². The number of benzene rings is 2. The summed E-state index contributed by atoms with van der Waals surface area (Å²) in [7, 11) is -3.52. The number of anilines is 1. The molecule has 0 saturated carbocycles. The Labute approximate surface area is 155 Å². The highest BCUT2D eigenvalue weighted by Crippen LogP contribution is 2.15. The highest BCUT2D eigenvalue weighted by molar-refractivity contribution is 7.89. The predicted octanol–water partition coefficient (Wildman–Crippen LogP) is 3.51. The fourth-order valence-corrected chi connectivity index (χ4v) is 3.77. The van der Waals surface area contributed by atoms with Crippen LogP contribution in [0.4, 0.5) is 5.69 Å². The molecule has 2 aromatic carbocycles. The average molecular weight is 375 g/mol. The summed E-state index contributed by atoms with van der Waals surface area (Å²) >= 11 is 0. The van der Waals surface area contributed by atoms with E-state index in [-0.39, 0.29) is 16.8 Å². The first kappa shape index (κ1) is 20.1. The number of hydrogen-bond acceptors (Lipinski definition) is 3. The molecule has 0 bridgehead atoms. The maximum atomic E-state index is 12.1. The Balaban J connectivity index is 1.90. The van der Waals surface area contributed by atoms with Crippen LogP contribution in [0.15, 0.2) is 53.4 Å². The molecule has 26 heavy (non-hydrogen) atoms. The summed E-state index contributed by atoms with van der Waals surface area (Å²) < 4.78 is 26.7. The summed E-state index contributed by atoms with van der Waals surface area (Å²) in [6.45, 7) is 5.64. The molecule has 0 aliphatic rings. The third-order valence-electron chi connectivity index (χ3n) is 3.91. The molecule has 6 heteroatoms. The second-order valence-corrected chi connectivity index (χ2v) is 8.23. The standard InChI is InChI=1S/C20H26N2O3S/c1-4-16-5-7-17(8-6-16)9-14-20(23)21-18-10-12-19(13-11-18)26(24,25)22-15(2)3/h5-8,10-13,15,22H,4,9,14H2,1-3H3,(H,21,23). The second-order valence-electron chi connectivity index (χ2n) is 6.52. The van der Waals surface area contributed by atoms with Crippen molar-refractivity contribution in [3.8, 4) is 0 Å². The third-order valence-corrected chi connectivity index (χ3v) is 5.59. The molecule has 0 atom stereocenters. The Bertz CT molecular complexity index is 826. The van der Waals surface area contributed by atoms with Gasteiger partial charge in [-0.05, 0) is 62.1 Å². The van der Waals surface area contributed by atoms with E-state index in [1.165, 1.54) is 17.7 Å². The molecule has 0 saturated heterocycles. The van der Waals surface area contributed by atoms with Gasteiger partial charge < -0.3 is 5.32 Å². The van der Waals surface area contributed by atoms with Gasteiger partial charge >= 0.3 is 0 Å². The van der Waals surface area contributed by atoms with Gasteiger partial charge in [0.15, 0.2) is 0 Å². The Hall–Kier alpha value is -2.18. The lowest BCUT2D eigenvalue weighted by Crippen LogP contribution is -2.30. The number of nitrogens with one attached hydrogen (secondary N) is 2. The maximum Gasteiger partial charge on any atom is 0.240 e. The fourth-order valence-electron chi connectivity index (χ4n) is 2.52. The van der Waals surface area contributed by atoms with Gasteiger partial charge in [0.1, 0.15) is 0 Å². The van der Waals surface area contributed by atoms with E-state index in [2.05, 4.69) is 29.1 Å². The van der Waals surface area contributed by atoms with E-state index in [0.29, 0.717) is 18.5 Å². The van der Waals surface area contributed by atoms with Gasteiger partial charge in [-0.2, -0.15) is 0 Å².